The molecule has 5 nitrogen and oxygen atoms in total. The van der Waals surface area contributed by atoms with E-state index < -0.39 is 0 Å². The molecule has 2 aromatic heterocycles. The minimum Gasteiger partial charge on any atom is -0.353 e. The van der Waals surface area contributed by atoms with Gasteiger partial charge in [-0.25, -0.2) is 4.98 Å². The lowest BCUT2D eigenvalue weighted by Gasteiger charge is -2.12. The van der Waals surface area contributed by atoms with Gasteiger partial charge in [-0.05, 0) is 42.9 Å². The van der Waals surface area contributed by atoms with Crippen molar-refractivity contribution < 1.29 is 0 Å². The van der Waals surface area contributed by atoms with E-state index in [1.54, 1.807) is 23.1 Å². The summed E-state index contributed by atoms with van der Waals surface area (Å²) in [7, 11) is 3.93. The molecule has 0 amide bonds. The Balaban J connectivity index is 2.10. The van der Waals surface area contributed by atoms with Crippen LogP contribution in [0.15, 0.2) is 27.7 Å². The van der Waals surface area contributed by atoms with Crippen molar-refractivity contribution in [3.63, 3.8) is 0 Å². The zero-order valence-electron chi connectivity index (χ0n) is 12.1. The molecule has 7 heteroatoms. The number of nitrogens with zero attached hydrogens (tertiary/aromatic N) is 4. The molecule has 1 N–H and O–H groups in total. The Morgan fingerprint density at radius 2 is 2.20 bits per heavy atom. The van der Waals surface area contributed by atoms with E-state index in [-0.39, 0.29) is 0 Å². The van der Waals surface area contributed by atoms with Gasteiger partial charge in [-0.1, -0.05) is 18.3 Å². The molecule has 0 radical (unpaired) electrons. The topological polar surface area (TPSA) is 53.9 Å². The first-order valence-corrected chi connectivity index (χ1v) is 8.11. The van der Waals surface area contributed by atoms with Crippen LogP contribution in [-0.2, 0) is 0 Å². The van der Waals surface area contributed by atoms with Crippen molar-refractivity contribution in [3.8, 4) is 0 Å². The summed E-state index contributed by atoms with van der Waals surface area (Å²) >= 11 is 3.13. The highest BCUT2D eigenvalue weighted by atomic mass is 32.2. The first kappa shape index (κ1) is 15.2. The van der Waals surface area contributed by atoms with Crippen LogP contribution in [0.2, 0.25) is 0 Å². The molecule has 0 aromatic carbocycles. The Morgan fingerprint density at radius 1 is 1.40 bits per heavy atom. The van der Waals surface area contributed by atoms with Crippen LogP contribution in [0.5, 0.6) is 0 Å². The summed E-state index contributed by atoms with van der Waals surface area (Å²) in [6, 6.07) is 4.48. The maximum absolute atomic E-state index is 4.39. The van der Waals surface area contributed by atoms with Gasteiger partial charge < -0.3 is 10.2 Å². The van der Waals surface area contributed by atoms with Gasteiger partial charge in [0.1, 0.15) is 5.03 Å². The molecule has 0 spiro atoms. The first-order valence-electron chi connectivity index (χ1n) is 6.48. The summed E-state index contributed by atoms with van der Waals surface area (Å²) in [6.45, 7) is 5.22. The lowest BCUT2D eigenvalue weighted by atomic mass is 10.1. The quantitative estimate of drug-likeness (QED) is 0.885. The van der Waals surface area contributed by atoms with Crippen molar-refractivity contribution in [2.45, 2.75) is 29.3 Å². The summed E-state index contributed by atoms with van der Waals surface area (Å²) in [6.07, 6.45) is 1.85. The van der Waals surface area contributed by atoms with E-state index in [1.165, 1.54) is 5.56 Å². The van der Waals surface area contributed by atoms with Gasteiger partial charge in [0.05, 0.1) is 0 Å². The molecule has 0 fully saturated rings. The number of hydrogen-bond acceptors (Lipinski definition) is 7. The Morgan fingerprint density at radius 3 is 2.85 bits per heavy atom. The number of nitrogens with one attached hydrogen (secondary N) is 1. The average Bonchev–Trinajstić information content (AvgIpc) is 2.88. The van der Waals surface area contributed by atoms with Crippen LogP contribution in [0, 0.1) is 0 Å². The van der Waals surface area contributed by atoms with Crippen LogP contribution in [0.4, 0.5) is 5.13 Å². The standard InChI is InChI=1S/C13H19N5S2/c1-5-14-9(2)10-6-7-15-11(8-10)19-13-17-16-12(20-13)18(3)4/h6-9,14H,5H2,1-4H3. The van der Waals surface area contributed by atoms with Crippen molar-refractivity contribution in [1.29, 1.82) is 0 Å². The van der Waals surface area contributed by atoms with E-state index in [2.05, 4.69) is 40.4 Å². The van der Waals surface area contributed by atoms with Gasteiger partial charge in [0.15, 0.2) is 4.34 Å². The molecule has 20 heavy (non-hydrogen) atoms. The fourth-order valence-electron chi connectivity index (χ4n) is 1.69. The zero-order chi connectivity index (χ0) is 14.5. The molecule has 0 bridgehead atoms. The Labute approximate surface area is 127 Å². The van der Waals surface area contributed by atoms with E-state index in [1.807, 2.05) is 31.3 Å². The third-order valence-electron chi connectivity index (χ3n) is 2.74. The second kappa shape index (κ2) is 7.01. The van der Waals surface area contributed by atoms with Gasteiger partial charge >= 0.3 is 0 Å². The number of anilines is 1. The van der Waals surface area contributed by atoms with Crippen LogP contribution in [0.25, 0.3) is 0 Å². The molecular formula is C13H19N5S2. The summed E-state index contributed by atoms with van der Waals surface area (Å²) in [5.74, 6) is 0. The van der Waals surface area contributed by atoms with E-state index >= 15 is 0 Å². The van der Waals surface area contributed by atoms with Gasteiger partial charge in [0.2, 0.25) is 5.13 Å². The average molecular weight is 309 g/mol. The van der Waals surface area contributed by atoms with E-state index in [4.69, 9.17) is 0 Å². The van der Waals surface area contributed by atoms with Gasteiger partial charge in [0, 0.05) is 26.3 Å². The highest BCUT2D eigenvalue weighted by Gasteiger charge is 2.10. The van der Waals surface area contributed by atoms with E-state index in [0.29, 0.717) is 6.04 Å². The molecule has 2 rings (SSSR count). The van der Waals surface area contributed by atoms with Crippen molar-refractivity contribution in [1.82, 2.24) is 20.5 Å². The fraction of sp³-hybridized carbons (Fsp3) is 0.462. The molecule has 108 valence electrons. The Kier molecular flexibility index (Phi) is 5.33. The van der Waals surface area contributed by atoms with Crippen molar-refractivity contribution in [3.05, 3.63) is 23.9 Å². The highest BCUT2D eigenvalue weighted by Crippen LogP contribution is 2.32. The van der Waals surface area contributed by atoms with Crippen LogP contribution < -0.4 is 10.2 Å². The van der Waals surface area contributed by atoms with Crippen LogP contribution in [-0.4, -0.2) is 35.8 Å². The molecule has 2 aromatic rings. The third-order valence-corrected chi connectivity index (χ3v) is 4.81. The minimum atomic E-state index is 0.328. The third kappa shape index (κ3) is 3.91. The molecular weight excluding hydrogens is 290 g/mol. The number of aromatic nitrogens is 3. The van der Waals surface area contributed by atoms with Gasteiger partial charge in [-0.15, -0.1) is 10.2 Å². The Hall–Kier alpha value is -1.18. The van der Waals surface area contributed by atoms with Crippen LogP contribution in [0.1, 0.15) is 25.5 Å². The minimum absolute atomic E-state index is 0.328. The normalized spacial score (nSPS) is 12.4. The summed E-state index contributed by atoms with van der Waals surface area (Å²) in [5.41, 5.74) is 1.24. The first-order chi connectivity index (χ1) is 9.60. The predicted octanol–water partition coefficient (Wildman–Crippen LogP) is 2.82. The summed E-state index contributed by atoms with van der Waals surface area (Å²) in [5, 5.41) is 13.6. The number of pyridine rings is 1. The lowest BCUT2D eigenvalue weighted by molar-refractivity contribution is 0.596. The molecule has 1 atom stereocenters. The molecule has 0 saturated carbocycles. The summed E-state index contributed by atoms with van der Waals surface area (Å²) in [4.78, 5) is 6.35. The fourth-order valence-corrected chi connectivity index (χ4v) is 3.41. The molecule has 1 unspecified atom stereocenters. The summed E-state index contributed by atoms with van der Waals surface area (Å²) < 4.78 is 0.912. The van der Waals surface area contributed by atoms with E-state index in [0.717, 1.165) is 21.0 Å². The smallest absolute Gasteiger partial charge is 0.208 e. The van der Waals surface area contributed by atoms with Crippen LogP contribution in [0.3, 0.4) is 0 Å². The molecule has 2 heterocycles. The van der Waals surface area contributed by atoms with Gasteiger partial charge in [-0.3, -0.25) is 0 Å². The van der Waals surface area contributed by atoms with Crippen molar-refractivity contribution >= 4 is 28.2 Å². The predicted molar refractivity (Wildman–Crippen MR) is 84.7 cm³/mol. The SMILES string of the molecule is CCNC(C)c1ccnc(Sc2nnc(N(C)C)s2)c1. The molecule has 0 aliphatic heterocycles. The molecule has 0 saturated heterocycles. The van der Waals surface area contributed by atoms with Crippen molar-refractivity contribution in [2.24, 2.45) is 0 Å². The van der Waals surface area contributed by atoms with Gasteiger partial charge in [0.25, 0.3) is 0 Å². The maximum Gasteiger partial charge on any atom is 0.208 e. The molecule has 0 aliphatic rings. The monoisotopic (exact) mass is 309 g/mol. The zero-order valence-corrected chi connectivity index (χ0v) is 13.8. The van der Waals surface area contributed by atoms with Crippen LogP contribution >= 0.6 is 23.1 Å². The van der Waals surface area contributed by atoms with Crippen molar-refractivity contribution in [2.75, 3.05) is 25.5 Å². The number of rotatable bonds is 6. The van der Waals surface area contributed by atoms with E-state index in [9.17, 15) is 0 Å². The second-order valence-corrected chi connectivity index (χ2v) is 6.78. The molecule has 0 aliphatic carbocycles. The number of hydrogen-bond donors (Lipinski definition) is 1. The largest absolute Gasteiger partial charge is 0.353 e. The Bertz CT molecular complexity index is 555. The lowest BCUT2D eigenvalue weighted by Crippen LogP contribution is -2.17. The highest BCUT2D eigenvalue weighted by molar-refractivity contribution is 8.01. The van der Waals surface area contributed by atoms with Gasteiger partial charge in [-0.2, -0.15) is 0 Å². The second-order valence-electron chi connectivity index (χ2n) is 4.55. The maximum atomic E-state index is 4.39.